The maximum absolute atomic E-state index is 11.0. The van der Waals surface area contributed by atoms with E-state index >= 15 is 0 Å². The second-order valence-electron chi connectivity index (χ2n) is 3.56. The molecule has 0 aliphatic carbocycles. The summed E-state index contributed by atoms with van der Waals surface area (Å²) in [4.78, 5) is 21.3. The molecule has 0 radical (unpaired) electrons. The lowest BCUT2D eigenvalue weighted by Gasteiger charge is -2.08. The SMILES string of the molecule is CC(C)COC(=O)CC[C@H](N)C(=O)O. The van der Waals surface area contributed by atoms with Gasteiger partial charge < -0.3 is 15.6 Å². The predicted octanol–water partition coefficient (Wildman–Crippen LogP) is 0.378. The van der Waals surface area contributed by atoms with Crippen molar-refractivity contribution in [3.05, 3.63) is 0 Å². The highest BCUT2D eigenvalue weighted by molar-refractivity contribution is 5.75. The van der Waals surface area contributed by atoms with Gasteiger partial charge in [-0.25, -0.2) is 0 Å². The van der Waals surface area contributed by atoms with Crippen LogP contribution in [0, 0.1) is 5.92 Å². The van der Waals surface area contributed by atoms with Crippen molar-refractivity contribution < 1.29 is 19.4 Å². The fourth-order valence-corrected chi connectivity index (χ4v) is 0.729. The van der Waals surface area contributed by atoms with Crippen molar-refractivity contribution in [1.82, 2.24) is 0 Å². The molecule has 3 N–H and O–H groups in total. The van der Waals surface area contributed by atoms with Crippen LogP contribution < -0.4 is 5.73 Å². The molecule has 0 rings (SSSR count). The van der Waals surface area contributed by atoms with Crippen molar-refractivity contribution in [3.8, 4) is 0 Å². The molecule has 0 aliphatic rings. The monoisotopic (exact) mass is 203 g/mol. The molecule has 0 aromatic rings. The molecule has 5 nitrogen and oxygen atoms in total. The van der Waals surface area contributed by atoms with Crippen molar-refractivity contribution >= 4 is 11.9 Å². The molecular weight excluding hydrogens is 186 g/mol. The van der Waals surface area contributed by atoms with Gasteiger partial charge in [0.1, 0.15) is 6.04 Å². The first-order valence-corrected chi connectivity index (χ1v) is 4.57. The summed E-state index contributed by atoms with van der Waals surface area (Å²) in [5, 5.41) is 8.44. The summed E-state index contributed by atoms with van der Waals surface area (Å²) in [6.45, 7) is 4.22. The maximum Gasteiger partial charge on any atom is 0.320 e. The number of carboxylic acids is 1. The smallest absolute Gasteiger partial charge is 0.320 e. The Morgan fingerprint density at radius 2 is 2.00 bits per heavy atom. The van der Waals surface area contributed by atoms with Crippen LogP contribution >= 0.6 is 0 Å². The molecule has 0 aromatic carbocycles. The molecule has 5 heteroatoms. The third-order valence-corrected chi connectivity index (χ3v) is 1.55. The minimum absolute atomic E-state index is 0.0557. The normalized spacial score (nSPS) is 12.6. The summed E-state index contributed by atoms with van der Waals surface area (Å²) in [6, 6.07) is -0.985. The largest absolute Gasteiger partial charge is 0.480 e. The summed E-state index contributed by atoms with van der Waals surface area (Å²) >= 11 is 0. The van der Waals surface area contributed by atoms with Crippen LogP contribution in [0.2, 0.25) is 0 Å². The number of rotatable bonds is 6. The van der Waals surface area contributed by atoms with Gasteiger partial charge in [-0.1, -0.05) is 13.8 Å². The zero-order valence-corrected chi connectivity index (χ0v) is 8.53. The molecule has 0 saturated carbocycles. The molecule has 0 unspecified atom stereocenters. The van der Waals surface area contributed by atoms with Gasteiger partial charge in [-0.15, -0.1) is 0 Å². The summed E-state index contributed by atoms with van der Waals surface area (Å²) < 4.78 is 4.85. The average Bonchev–Trinajstić information content (AvgIpc) is 2.10. The number of hydrogen-bond acceptors (Lipinski definition) is 4. The zero-order chi connectivity index (χ0) is 11.1. The van der Waals surface area contributed by atoms with Crippen molar-refractivity contribution in [2.75, 3.05) is 6.61 Å². The molecule has 14 heavy (non-hydrogen) atoms. The molecule has 0 aromatic heterocycles. The number of carboxylic acid groups (broad SMARTS) is 1. The molecule has 0 bridgehead atoms. The summed E-state index contributed by atoms with van der Waals surface area (Å²) in [7, 11) is 0. The topological polar surface area (TPSA) is 89.6 Å². The lowest BCUT2D eigenvalue weighted by molar-refractivity contribution is -0.145. The van der Waals surface area contributed by atoms with Crippen LogP contribution in [-0.4, -0.2) is 29.7 Å². The van der Waals surface area contributed by atoms with Gasteiger partial charge in [0, 0.05) is 6.42 Å². The number of hydrogen-bond donors (Lipinski definition) is 2. The Bertz CT molecular complexity index is 203. The molecule has 0 aliphatic heterocycles. The standard InChI is InChI=1S/C9H17NO4/c1-6(2)5-14-8(11)4-3-7(10)9(12)13/h6-7H,3-5,10H2,1-2H3,(H,12,13)/t7-/m0/s1. The van der Waals surface area contributed by atoms with Crippen LogP contribution in [-0.2, 0) is 14.3 Å². The zero-order valence-electron chi connectivity index (χ0n) is 8.53. The fraction of sp³-hybridized carbons (Fsp3) is 0.778. The van der Waals surface area contributed by atoms with E-state index in [-0.39, 0.29) is 18.8 Å². The Balaban J connectivity index is 3.59. The van der Waals surface area contributed by atoms with Gasteiger partial charge in [0.15, 0.2) is 0 Å². The highest BCUT2D eigenvalue weighted by atomic mass is 16.5. The summed E-state index contributed by atoms with van der Waals surface area (Å²) in [6.07, 6.45) is 0.173. The van der Waals surface area contributed by atoms with Crippen LogP contribution in [0.15, 0.2) is 0 Å². The van der Waals surface area contributed by atoms with E-state index in [1.807, 2.05) is 13.8 Å². The first kappa shape index (κ1) is 12.9. The van der Waals surface area contributed by atoms with Crippen LogP contribution in [0.1, 0.15) is 26.7 Å². The predicted molar refractivity (Wildman–Crippen MR) is 50.6 cm³/mol. The minimum Gasteiger partial charge on any atom is -0.480 e. The Morgan fingerprint density at radius 3 is 2.43 bits per heavy atom. The van der Waals surface area contributed by atoms with Crippen LogP contribution in [0.5, 0.6) is 0 Å². The second kappa shape index (κ2) is 6.37. The minimum atomic E-state index is -1.10. The van der Waals surface area contributed by atoms with E-state index in [1.54, 1.807) is 0 Å². The second-order valence-corrected chi connectivity index (χ2v) is 3.56. The van der Waals surface area contributed by atoms with Gasteiger partial charge in [-0.05, 0) is 12.3 Å². The molecular formula is C9H17NO4. The Hall–Kier alpha value is -1.10. The number of carbonyl (C=O) groups excluding carboxylic acids is 1. The van der Waals surface area contributed by atoms with E-state index in [0.717, 1.165) is 0 Å². The third-order valence-electron chi connectivity index (χ3n) is 1.55. The van der Waals surface area contributed by atoms with E-state index in [9.17, 15) is 9.59 Å². The highest BCUT2D eigenvalue weighted by Gasteiger charge is 2.14. The summed E-state index contributed by atoms with van der Waals surface area (Å²) in [5.41, 5.74) is 5.21. The quantitative estimate of drug-likeness (QED) is 0.609. The highest BCUT2D eigenvalue weighted by Crippen LogP contribution is 2.00. The van der Waals surface area contributed by atoms with Gasteiger partial charge >= 0.3 is 11.9 Å². The van der Waals surface area contributed by atoms with Gasteiger partial charge in [0.2, 0.25) is 0 Å². The molecule has 1 atom stereocenters. The Labute approximate surface area is 83.2 Å². The van der Waals surface area contributed by atoms with E-state index < -0.39 is 18.0 Å². The van der Waals surface area contributed by atoms with Crippen molar-refractivity contribution in [1.29, 1.82) is 0 Å². The number of carbonyl (C=O) groups is 2. The Morgan fingerprint density at radius 1 is 1.43 bits per heavy atom. The summed E-state index contributed by atoms with van der Waals surface area (Å²) in [5.74, 6) is -1.20. The van der Waals surface area contributed by atoms with Crippen molar-refractivity contribution in [2.45, 2.75) is 32.7 Å². The molecule has 0 heterocycles. The van der Waals surface area contributed by atoms with Crippen molar-refractivity contribution in [3.63, 3.8) is 0 Å². The number of esters is 1. The number of nitrogens with two attached hydrogens (primary N) is 1. The average molecular weight is 203 g/mol. The first-order valence-electron chi connectivity index (χ1n) is 4.57. The maximum atomic E-state index is 11.0. The van der Waals surface area contributed by atoms with Gasteiger partial charge in [-0.2, -0.15) is 0 Å². The number of aliphatic carboxylic acids is 1. The van der Waals surface area contributed by atoms with Crippen molar-refractivity contribution in [2.24, 2.45) is 11.7 Å². The lowest BCUT2D eigenvalue weighted by atomic mass is 10.2. The van der Waals surface area contributed by atoms with Gasteiger partial charge in [0.25, 0.3) is 0 Å². The van der Waals surface area contributed by atoms with E-state index in [2.05, 4.69) is 0 Å². The van der Waals surface area contributed by atoms with Crippen LogP contribution in [0.25, 0.3) is 0 Å². The Kier molecular flexibility index (Phi) is 5.87. The van der Waals surface area contributed by atoms with E-state index in [4.69, 9.17) is 15.6 Å². The van der Waals surface area contributed by atoms with Crippen LogP contribution in [0.4, 0.5) is 0 Å². The molecule has 0 spiro atoms. The number of ether oxygens (including phenoxy) is 1. The molecule has 0 amide bonds. The molecule has 0 fully saturated rings. The van der Waals surface area contributed by atoms with Gasteiger partial charge in [0.05, 0.1) is 6.61 Å². The third kappa shape index (κ3) is 6.42. The molecule has 0 saturated heterocycles. The fourth-order valence-electron chi connectivity index (χ4n) is 0.729. The van der Waals surface area contributed by atoms with E-state index in [1.165, 1.54) is 0 Å². The molecule has 82 valence electrons. The first-order chi connectivity index (χ1) is 6.43. The van der Waals surface area contributed by atoms with Crippen LogP contribution in [0.3, 0.4) is 0 Å². The van der Waals surface area contributed by atoms with E-state index in [0.29, 0.717) is 6.61 Å². The lowest BCUT2D eigenvalue weighted by Crippen LogP contribution is -2.30. The van der Waals surface area contributed by atoms with Gasteiger partial charge in [-0.3, -0.25) is 9.59 Å².